The first kappa shape index (κ1) is 18.9. The van der Waals surface area contributed by atoms with Crippen molar-refractivity contribution in [2.75, 3.05) is 38.6 Å². The van der Waals surface area contributed by atoms with Crippen molar-refractivity contribution in [2.45, 2.75) is 13.0 Å². The summed E-state index contributed by atoms with van der Waals surface area (Å²) in [5.74, 6) is 0.657. The first-order chi connectivity index (χ1) is 13.1. The largest absolute Gasteiger partial charge is 0.495 e. The molecule has 0 bridgehead atoms. The second kappa shape index (κ2) is 8.68. The molecule has 1 heterocycles. The fourth-order valence-electron chi connectivity index (χ4n) is 3.37. The number of hydrogen-bond acceptors (Lipinski definition) is 3. The molecule has 0 spiro atoms. The van der Waals surface area contributed by atoms with Gasteiger partial charge in [0, 0.05) is 5.56 Å². The molecule has 1 aliphatic rings. The van der Waals surface area contributed by atoms with Gasteiger partial charge in [0.15, 0.2) is 6.04 Å². The Hall–Kier alpha value is -2.86. The molecule has 0 radical (unpaired) electrons. The number of anilines is 1. The average molecular weight is 368 g/mol. The van der Waals surface area contributed by atoms with Gasteiger partial charge in [-0.3, -0.25) is 9.59 Å². The maximum Gasteiger partial charge on any atom is 0.282 e. The van der Waals surface area contributed by atoms with Gasteiger partial charge < -0.3 is 19.9 Å². The summed E-state index contributed by atoms with van der Waals surface area (Å²) in [7, 11) is 1.59. The van der Waals surface area contributed by atoms with Gasteiger partial charge >= 0.3 is 0 Å². The monoisotopic (exact) mass is 368 g/mol. The molecule has 142 valence electrons. The highest BCUT2D eigenvalue weighted by Crippen LogP contribution is 2.22. The smallest absolute Gasteiger partial charge is 0.282 e. The van der Waals surface area contributed by atoms with E-state index in [0.717, 1.165) is 13.1 Å². The van der Waals surface area contributed by atoms with Crippen LogP contribution in [0.5, 0.6) is 5.75 Å². The number of hydrogen-bond donors (Lipinski definition) is 2. The van der Waals surface area contributed by atoms with Crippen molar-refractivity contribution in [2.24, 2.45) is 0 Å². The highest BCUT2D eigenvalue weighted by Gasteiger charge is 2.31. The van der Waals surface area contributed by atoms with Gasteiger partial charge in [0.25, 0.3) is 11.8 Å². The van der Waals surface area contributed by atoms with E-state index in [1.54, 1.807) is 7.11 Å². The van der Waals surface area contributed by atoms with Gasteiger partial charge in [-0.1, -0.05) is 30.3 Å². The zero-order chi connectivity index (χ0) is 19.2. The molecule has 6 heteroatoms. The predicted octanol–water partition coefficient (Wildman–Crippen LogP) is 1.06. The van der Waals surface area contributed by atoms with Gasteiger partial charge in [-0.05, 0) is 31.2 Å². The summed E-state index contributed by atoms with van der Waals surface area (Å²) in [5.41, 5.74) is 1.39. The molecule has 27 heavy (non-hydrogen) atoms. The van der Waals surface area contributed by atoms with Gasteiger partial charge in [0.1, 0.15) is 5.75 Å². The summed E-state index contributed by atoms with van der Waals surface area (Å²) in [5, 5.41) is 2.95. The van der Waals surface area contributed by atoms with E-state index in [9.17, 15) is 9.59 Å². The SMILES string of the molecule is COc1ccccc1NC(=O)[C@@H](C)[NH+]1CCN(C(=O)c2ccccc2)CC1. The summed E-state index contributed by atoms with van der Waals surface area (Å²) in [6.07, 6.45) is 0. The lowest BCUT2D eigenvalue weighted by Gasteiger charge is -2.34. The van der Waals surface area contributed by atoms with Crippen LogP contribution < -0.4 is 15.0 Å². The van der Waals surface area contributed by atoms with Crippen molar-refractivity contribution in [3.63, 3.8) is 0 Å². The molecule has 2 N–H and O–H groups in total. The first-order valence-corrected chi connectivity index (χ1v) is 9.23. The number of carbonyl (C=O) groups excluding carboxylic acids is 2. The quantitative estimate of drug-likeness (QED) is 0.830. The normalized spacial score (nSPS) is 15.9. The molecule has 0 aliphatic carbocycles. The number of nitrogens with one attached hydrogen (secondary N) is 2. The molecule has 1 fully saturated rings. The summed E-state index contributed by atoms with van der Waals surface area (Å²) in [6, 6.07) is 16.5. The number of ether oxygens (including phenoxy) is 1. The van der Waals surface area contributed by atoms with Crippen LogP contribution in [0.15, 0.2) is 54.6 Å². The van der Waals surface area contributed by atoms with Crippen LogP contribution in [0.1, 0.15) is 17.3 Å². The van der Waals surface area contributed by atoms with Crippen molar-refractivity contribution < 1.29 is 19.2 Å². The molecule has 3 rings (SSSR count). The van der Waals surface area contributed by atoms with Gasteiger partial charge in [0.2, 0.25) is 0 Å². The van der Waals surface area contributed by atoms with Crippen LogP contribution in [0.4, 0.5) is 5.69 Å². The molecule has 2 amide bonds. The van der Waals surface area contributed by atoms with E-state index in [-0.39, 0.29) is 17.9 Å². The molecule has 2 aromatic carbocycles. The zero-order valence-electron chi connectivity index (χ0n) is 15.8. The maximum atomic E-state index is 12.6. The van der Waals surface area contributed by atoms with E-state index in [0.29, 0.717) is 30.1 Å². The van der Waals surface area contributed by atoms with Crippen LogP contribution in [0.2, 0.25) is 0 Å². The second-order valence-corrected chi connectivity index (χ2v) is 6.73. The average Bonchev–Trinajstić information content (AvgIpc) is 2.73. The number of methoxy groups -OCH3 is 1. The summed E-state index contributed by atoms with van der Waals surface area (Å²) < 4.78 is 5.29. The summed E-state index contributed by atoms with van der Waals surface area (Å²) in [6.45, 7) is 4.72. The van der Waals surface area contributed by atoms with Crippen molar-refractivity contribution in [1.29, 1.82) is 0 Å². The lowest BCUT2D eigenvalue weighted by molar-refractivity contribution is -0.917. The molecule has 1 aliphatic heterocycles. The van der Waals surface area contributed by atoms with Gasteiger partial charge in [-0.2, -0.15) is 0 Å². The summed E-state index contributed by atoms with van der Waals surface area (Å²) >= 11 is 0. The first-order valence-electron chi connectivity index (χ1n) is 9.23. The highest BCUT2D eigenvalue weighted by atomic mass is 16.5. The third kappa shape index (κ3) is 4.46. The summed E-state index contributed by atoms with van der Waals surface area (Å²) in [4.78, 5) is 28.2. The van der Waals surface area contributed by atoms with E-state index in [1.165, 1.54) is 4.90 Å². The van der Waals surface area contributed by atoms with Gasteiger partial charge in [0.05, 0.1) is 39.0 Å². The Morgan fingerprint density at radius 2 is 1.67 bits per heavy atom. The number of para-hydroxylation sites is 2. The van der Waals surface area contributed by atoms with E-state index < -0.39 is 0 Å². The lowest BCUT2D eigenvalue weighted by Crippen LogP contribution is -3.19. The van der Waals surface area contributed by atoms with Gasteiger partial charge in [-0.15, -0.1) is 0 Å². The van der Waals surface area contributed by atoms with Crippen LogP contribution in [0, 0.1) is 0 Å². The van der Waals surface area contributed by atoms with Crippen LogP contribution in [0.3, 0.4) is 0 Å². The number of piperazine rings is 1. The molecule has 1 saturated heterocycles. The van der Waals surface area contributed by atoms with Crippen molar-refractivity contribution in [3.8, 4) is 5.75 Å². The Labute approximate surface area is 159 Å². The molecule has 0 aromatic heterocycles. The third-order valence-electron chi connectivity index (χ3n) is 5.08. The fourth-order valence-corrected chi connectivity index (χ4v) is 3.37. The van der Waals surface area contributed by atoms with E-state index >= 15 is 0 Å². The third-order valence-corrected chi connectivity index (χ3v) is 5.08. The number of rotatable bonds is 5. The van der Waals surface area contributed by atoms with Crippen molar-refractivity contribution in [1.82, 2.24) is 4.90 Å². The Morgan fingerprint density at radius 1 is 1.04 bits per heavy atom. The number of benzene rings is 2. The standard InChI is InChI=1S/C21H25N3O3/c1-16(20(25)22-18-10-6-7-11-19(18)27-2)23-12-14-24(15-13-23)21(26)17-8-4-3-5-9-17/h3-11,16H,12-15H2,1-2H3,(H,22,25)/p+1/t16-/m1/s1. The minimum absolute atomic E-state index is 0.0441. The molecular weight excluding hydrogens is 342 g/mol. The van der Waals surface area contributed by atoms with Crippen molar-refractivity contribution >= 4 is 17.5 Å². The van der Waals surface area contributed by atoms with Crippen molar-refractivity contribution in [3.05, 3.63) is 60.2 Å². The Balaban J connectivity index is 1.55. The molecule has 2 aromatic rings. The topological polar surface area (TPSA) is 63.1 Å². The number of amides is 2. The number of quaternary nitrogens is 1. The molecule has 0 saturated carbocycles. The Bertz CT molecular complexity index is 786. The maximum absolute atomic E-state index is 12.6. The van der Waals surface area contributed by atoms with Crippen LogP contribution in [-0.2, 0) is 4.79 Å². The van der Waals surface area contributed by atoms with Gasteiger partial charge in [-0.25, -0.2) is 0 Å². The Kier molecular flexibility index (Phi) is 6.08. The molecule has 6 nitrogen and oxygen atoms in total. The number of nitrogens with zero attached hydrogens (tertiary/aromatic N) is 1. The minimum atomic E-state index is -0.205. The van der Waals surface area contributed by atoms with E-state index in [2.05, 4.69) is 5.32 Å². The lowest BCUT2D eigenvalue weighted by atomic mass is 10.1. The second-order valence-electron chi connectivity index (χ2n) is 6.73. The minimum Gasteiger partial charge on any atom is -0.495 e. The predicted molar refractivity (Wildman–Crippen MR) is 104 cm³/mol. The van der Waals surface area contributed by atoms with E-state index in [1.807, 2.05) is 66.4 Å². The van der Waals surface area contributed by atoms with Crippen LogP contribution in [-0.4, -0.2) is 56.0 Å². The van der Waals surface area contributed by atoms with Crippen LogP contribution in [0.25, 0.3) is 0 Å². The fraction of sp³-hybridized carbons (Fsp3) is 0.333. The van der Waals surface area contributed by atoms with Crippen LogP contribution >= 0.6 is 0 Å². The Morgan fingerprint density at radius 3 is 2.33 bits per heavy atom. The molecular formula is C21H26N3O3+. The highest BCUT2D eigenvalue weighted by molar-refractivity contribution is 5.95. The molecule has 0 unspecified atom stereocenters. The zero-order valence-corrected chi connectivity index (χ0v) is 15.8. The molecule has 1 atom stereocenters. The number of carbonyl (C=O) groups is 2. The van der Waals surface area contributed by atoms with E-state index in [4.69, 9.17) is 4.74 Å².